The van der Waals surface area contributed by atoms with E-state index in [2.05, 4.69) is 27.4 Å². The Morgan fingerprint density at radius 1 is 1.22 bits per heavy atom. The molecule has 0 bridgehead atoms. The molecule has 27 heavy (non-hydrogen) atoms. The van der Waals surface area contributed by atoms with Crippen LogP contribution in [-0.4, -0.2) is 77.0 Å². The number of morpholine rings is 1. The molecule has 1 heterocycles. The summed E-state index contributed by atoms with van der Waals surface area (Å²) >= 11 is 0. The van der Waals surface area contributed by atoms with Crippen molar-refractivity contribution in [1.82, 2.24) is 15.5 Å². The van der Waals surface area contributed by atoms with Crippen LogP contribution in [0.4, 0.5) is 0 Å². The van der Waals surface area contributed by atoms with Crippen molar-refractivity contribution in [3.8, 4) is 0 Å². The molecule has 2 N–H and O–H groups in total. The zero-order valence-electron chi connectivity index (χ0n) is 16.1. The average Bonchev–Trinajstić information content (AvgIpc) is 2.67. The van der Waals surface area contributed by atoms with Crippen molar-refractivity contribution < 1.29 is 13.2 Å². The summed E-state index contributed by atoms with van der Waals surface area (Å²) in [7, 11) is -3.29. The maximum Gasteiger partial charge on any atom is 0.191 e. The molecule has 0 radical (unpaired) electrons. The Morgan fingerprint density at radius 2 is 1.89 bits per heavy atom. The summed E-state index contributed by atoms with van der Waals surface area (Å²) < 4.78 is 30.0. The van der Waals surface area contributed by atoms with Crippen molar-refractivity contribution >= 4 is 39.8 Å². The highest BCUT2D eigenvalue weighted by Gasteiger charge is 2.17. The molecule has 0 aliphatic carbocycles. The fraction of sp³-hybridized carbons (Fsp3) is 0.611. The van der Waals surface area contributed by atoms with Gasteiger partial charge in [0.15, 0.2) is 15.8 Å². The van der Waals surface area contributed by atoms with E-state index in [1.165, 1.54) is 0 Å². The van der Waals surface area contributed by atoms with Gasteiger partial charge in [0.05, 0.1) is 30.4 Å². The van der Waals surface area contributed by atoms with Crippen molar-refractivity contribution in [3.63, 3.8) is 0 Å². The monoisotopic (exact) mass is 510 g/mol. The van der Waals surface area contributed by atoms with E-state index in [4.69, 9.17) is 4.74 Å². The first-order chi connectivity index (χ1) is 12.5. The van der Waals surface area contributed by atoms with Gasteiger partial charge in [-0.15, -0.1) is 24.0 Å². The maximum absolute atomic E-state index is 12.3. The van der Waals surface area contributed by atoms with Gasteiger partial charge < -0.3 is 15.4 Å². The Morgan fingerprint density at radius 3 is 2.52 bits per heavy atom. The Kier molecular flexibility index (Phi) is 11.2. The molecule has 1 aliphatic heterocycles. The first kappa shape index (κ1) is 24.1. The Labute approximate surface area is 179 Å². The Bertz CT molecular complexity index is 664. The minimum absolute atomic E-state index is 0. The highest BCUT2D eigenvalue weighted by Crippen LogP contribution is 2.09. The van der Waals surface area contributed by atoms with Gasteiger partial charge in [-0.1, -0.05) is 18.2 Å². The number of hydrogen-bond donors (Lipinski definition) is 2. The van der Waals surface area contributed by atoms with E-state index in [9.17, 15) is 8.42 Å². The van der Waals surface area contributed by atoms with Crippen molar-refractivity contribution in [2.24, 2.45) is 4.99 Å². The van der Waals surface area contributed by atoms with Crippen molar-refractivity contribution in [3.05, 3.63) is 30.3 Å². The van der Waals surface area contributed by atoms with Crippen LogP contribution in [0, 0.1) is 0 Å². The number of guanidine groups is 1. The van der Waals surface area contributed by atoms with E-state index >= 15 is 0 Å². The normalized spacial score (nSPS) is 17.0. The van der Waals surface area contributed by atoms with Crippen LogP contribution in [0.15, 0.2) is 40.2 Å². The van der Waals surface area contributed by atoms with Crippen LogP contribution in [0.5, 0.6) is 0 Å². The summed E-state index contributed by atoms with van der Waals surface area (Å²) in [5.74, 6) is 0.677. The second-order valence-corrected chi connectivity index (χ2v) is 8.38. The smallest absolute Gasteiger partial charge is 0.191 e. The van der Waals surface area contributed by atoms with Gasteiger partial charge in [-0.3, -0.25) is 9.89 Å². The lowest BCUT2D eigenvalue weighted by molar-refractivity contribution is 0.0220. The van der Waals surface area contributed by atoms with Gasteiger partial charge in [-0.05, 0) is 26.0 Å². The number of hydrogen-bond acceptors (Lipinski definition) is 5. The molecular weight excluding hydrogens is 479 g/mol. The van der Waals surface area contributed by atoms with Crippen LogP contribution in [0.3, 0.4) is 0 Å². The molecule has 0 amide bonds. The maximum atomic E-state index is 12.3. The number of nitrogens with one attached hydrogen (secondary N) is 2. The number of ether oxygens (including phenoxy) is 1. The number of nitrogens with zero attached hydrogens (tertiary/aromatic N) is 2. The lowest BCUT2D eigenvalue weighted by Gasteiger charge is -2.31. The third-order valence-corrected chi connectivity index (χ3v) is 6.02. The van der Waals surface area contributed by atoms with Gasteiger partial charge in [0, 0.05) is 32.2 Å². The summed E-state index contributed by atoms with van der Waals surface area (Å²) in [4.78, 5) is 7.31. The average molecular weight is 510 g/mol. The molecule has 1 saturated heterocycles. The van der Waals surface area contributed by atoms with Gasteiger partial charge in [0.1, 0.15) is 0 Å². The van der Waals surface area contributed by atoms with E-state index in [0.29, 0.717) is 30.0 Å². The molecular formula is C18H31IN4O3S. The zero-order chi connectivity index (χ0) is 18.8. The first-order valence-electron chi connectivity index (χ1n) is 9.14. The quantitative estimate of drug-likeness (QED) is 0.312. The molecule has 1 aliphatic rings. The SMILES string of the molecule is CCNC(=NCC(C)N1CCOCC1)NCCS(=O)(=O)c1ccccc1.I. The molecule has 1 fully saturated rings. The minimum Gasteiger partial charge on any atom is -0.379 e. The number of aliphatic imine (C=N–C) groups is 1. The van der Waals surface area contributed by atoms with Gasteiger partial charge in [0.2, 0.25) is 0 Å². The van der Waals surface area contributed by atoms with Crippen LogP contribution < -0.4 is 10.6 Å². The lowest BCUT2D eigenvalue weighted by Crippen LogP contribution is -2.45. The second kappa shape index (κ2) is 12.5. The third-order valence-electron chi connectivity index (χ3n) is 4.29. The Hall–Kier alpha value is -0.910. The van der Waals surface area contributed by atoms with E-state index < -0.39 is 9.84 Å². The zero-order valence-corrected chi connectivity index (χ0v) is 19.2. The molecule has 2 rings (SSSR count). The highest BCUT2D eigenvalue weighted by molar-refractivity contribution is 14.0. The number of sulfone groups is 1. The summed E-state index contributed by atoms with van der Waals surface area (Å²) in [6.45, 7) is 9.22. The fourth-order valence-corrected chi connectivity index (χ4v) is 3.93. The summed E-state index contributed by atoms with van der Waals surface area (Å²) in [5.41, 5.74) is 0. The fourth-order valence-electron chi connectivity index (χ4n) is 2.75. The molecule has 154 valence electrons. The van der Waals surface area contributed by atoms with Crippen LogP contribution in [0.2, 0.25) is 0 Å². The third kappa shape index (κ3) is 8.32. The topological polar surface area (TPSA) is 83.0 Å². The van der Waals surface area contributed by atoms with Crippen molar-refractivity contribution in [1.29, 1.82) is 0 Å². The molecule has 1 unspecified atom stereocenters. The van der Waals surface area contributed by atoms with Crippen LogP contribution in [-0.2, 0) is 14.6 Å². The molecule has 9 heteroatoms. The second-order valence-electron chi connectivity index (χ2n) is 6.28. The van der Waals surface area contributed by atoms with Gasteiger partial charge in [-0.25, -0.2) is 8.42 Å². The number of rotatable bonds is 8. The van der Waals surface area contributed by atoms with E-state index in [0.717, 1.165) is 32.8 Å². The van der Waals surface area contributed by atoms with Gasteiger partial charge in [-0.2, -0.15) is 0 Å². The summed E-state index contributed by atoms with van der Waals surface area (Å²) in [6.07, 6.45) is 0. The van der Waals surface area contributed by atoms with E-state index in [1.807, 2.05) is 13.0 Å². The molecule has 0 aromatic heterocycles. The van der Waals surface area contributed by atoms with Crippen molar-refractivity contribution in [2.45, 2.75) is 24.8 Å². The molecule has 0 saturated carbocycles. The molecule has 1 atom stereocenters. The molecule has 7 nitrogen and oxygen atoms in total. The van der Waals surface area contributed by atoms with E-state index in [1.54, 1.807) is 24.3 Å². The predicted molar refractivity (Wildman–Crippen MR) is 120 cm³/mol. The molecule has 1 aromatic carbocycles. The van der Waals surface area contributed by atoms with E-state index in [-0.39, 0.29) is 29.7 Å². The number of halogens is 1. The van der Waals surface area contributed by atoms with Crippen molar-refractivity contribution in [2.75, 3.05) is 51.7 Å². The highest BCUT2D eigenvalue weighted by atomic mass is 127. The summed E-state index contributed by atoms with van der Waals surface area (Å²) in [6, 6.07) is 8.85. The lowest BCUT2D eigenvalue weighted by atomic mass is 10.2. The summed E-state index contributed by atoms with van der Waals surface area (Å²) in [5, 5.41) is 6.29. The predicted octanol–water partition coefficient (Wildman–Crippen LogP) is 1.35. The van der Waals surface area contributed by atoms with Gasteiger partial charge in [0.25, 0.3) is 0 Å². The van der Waals surface area contributed by atoms with Crippen LogP contribution in [0.25, 0.3) is 0 Å². The number of benzene rings is 1. The molecule has 1 aromatic rings. The largest absolute Gasteiger partial charge is 0.379 e. The van der Waals surface area contributed by atoms with Crippen LogP contribution in [0.1, 0.15) is 13.8 Å². The molecule has 0 spiro atoms. The van der Waals surface area contributed by atoms with Gasteiger partial charge >= 0.3 is 0 Å². The van der Waals surface area contributed by atoms with Crippen LogP contribution >= 0.6 is 24.0 Å². The Balaban J connectivity index is 0.00000364. The minimum atomic E-state index is -3.29. The first-order valence-corrected chi connectivity index (χ1v) is 10.8. The standard InChI is InChI=1S/C18H30N4O3S.HI/c1-3-19-18(21-15-16(2)22-10-12-25-13-11-22)20-9-14-26(23,24)17-7-5-4-6-8-17;/h4-8,16H,3,9-15H2,1-2H3,(H2,19,20,21);1H.